The number of aromatic nitrogens is 1. The molecule has 0 aliphatic carbocycles. The topological polar surface area (TPSA) is 82.2 Å². The van der Waals surface area contributed by atoms with E-state index < -0.39 is 15.4 Å². The standard InChI is InChI=1S/C10H16N2O3S/c1-4-16(14,15)9-5-8(11)6-12(7(2)3)10(9)13/h5-7H,4,11H2,1-3H3. The van der Waals surface area contributed by atoms with Gasteiger partial charge in [-0.15, -0.1) is 0 Å². The summed E-state index contributed by atoms with van der Waals surface area (Å²) in [5.74, 6) is -0.107. The number of pyridine rings is 1. The number of nitrogens with two attached hydrogens (primary N) is 1. The van der Waals surface area contributed by atoms with Gasteiger partial charge in [0.1, 0.15) is 4.90 Å². The van der Waals surface area contributed by atoms with Crippen molar-refractivity contribution in [3.63, 3.8) is 0 Å². The minimum Gasteiger partial charge on any atom is -0.398 e. The second-order valence-corrected chi connectivity index (χ2v) is 6.09. The lowest BCUT2D eigenvalue weighted by Gasteiger charge is -2.12. The van der Waals surface area contributed by atoms with Crippen LogP contribution in [-0.2, 0) is 9.84 Å². The molecule has 1 rings (SSSR count). The molecular formula is C10H16N2O3S. The van der Waals surface area contributed by atoms with Crippen LogP contribution in [0.1, 0.15) is 26.8 Å². The summed E-state index contributed by atoms with van der Waals surface area (Å²) >= 11 is 0. The Morgan fingerprint density at radius 1 is 1.44 bits per heavy atom. The van der Waals surface area contributed by atoms with E-state index in [4.69, 9.17) is 5.73 Å². The Morgan fingerprint density at radius 2 is 2.00 bits per heavy atom. The first-order chi connectivity index (χ1) is 7.29. The minimum absolute atomic E-state index is 0.107. The molecule has 0 aliphatic rings. The summed E-state index contributed by atoms with van der Waals surface area (Å²) in [7, 11) is -3.52. The molecule has 1 aromatic rings. The van der Waals surface area contributed by atoms with Crippen molar-refractivity contribution in [1.29, 1.82) is 0 Å². The molecule has 0 atom stereocenters. The van der Waals surface area contributed by atoms with Crippen LogP contribution in [0.4, 0.5) is 5.69 Å². The van der Waals surface area contributed by atoms with Crippen LogP contribution >= 0.6 is 0 Å². The molecule has 16 heavy (non-hydrogen) atoms. The summed E-state index contributed by atoms with van der Waals surface area (Å²) in [5, 5.41) is 0. The van der Waals surface area contributed by atoms with Crippen LogP contribution in [0.2, 0.25) is 0 Å². The van der Waals surface area contributed by atoms with Crippen LogP contribution < -0.4 is 11.3 Å². The van der Waals surface area contributed by atoms with E-state index in [0.29, 0.717) is 0 Å². The van der Waals surface area contributed by atoms with Crippen molar-refractivity contribution in [2.75, 3.05) is 11.5 Å². The number of nitrogen functional groups attached to an aromatic ring is 1. The van der Waals surface area contributed by atoms with Crippen LogP contribution in [0.5, 0.6) is 0 Å². The second-order valence-electron chi connectivity index (χ2n) is 3.85. The van der Waals surface area contributed by atoms with Gasteiger partial charge in [0.2, 0.25) is 0 Å². The first-order valence-electron chi connectivity index (χ1n) is 5.04. The van der Waals surface area contributed by atoms with Crippen LogP contribution in [0.3, 0.4) is 0 Å². The van der Waals surface area contributed by atoms with Crippen molar-refractivity contribution in [1.82, 2.24) is 4.57 Å². The van der Waals surface area contributed by atoms with Gasteiger partial charge in [0.15, 0.2) is 9.84 Å². The molecule has 2 N–H and O–H groups in total. The van der Waals surface area contributed by atoms with Crippen molar-refractivity contribution in [2.24, 2.45) is 0 Å². The molecular weight excluding hydrogens is 228 g/mol. The normalized spacial score (nSPS) is 12.0. The van der Waals surface area contributed by atoms with E-state index in [9.17, 15) is 13.2 Å². The van der Waals surface area contributed by atoms with E-state index in [-0.39, 0.29) is 22.4 Å². The van der Waals surface area contributed by atoms with Gasteiger partial charge in [-0.05, 0) is 19.9 Å². The molecule has 0 saturated carbocycles. The Labute approximate surface area is 94.8 Å². The molecule has 6 heteroatoms. The summed E-state index contributed by atoms with van der Waals surface area (Å²) in [6.45, 7) is 5.09. The summed E-state index contributed by atoms with van der Waals surface area (Å²) in [4.78, 5) is 11.7. The fraction of sp³-hybridized carbons (Fsp3) is 0.500. The maximum atomic E-state index is 11.9. The lowest BCUT2D eigenvalue weighted by Crippen LogP contribution is -2.28. The number of hydrogen-bond acceptors (Lipinski definition) is 4. The zero-order chi connectivity index (χ0) is 12.5. The molecule has 0 spiro atoms. The Morgan fingerprint density at radius 3 is 2.44 bits per heavy atom. The fourth-order valence-corrected chi connectivity index (χ4v) is 2.36. The van der Waals surface area contributed by atoms with E-state index in [1.54, 1.807) is 13.8 Å². The number of nitrogens with zero attached hydrogens (tertiary/aromatic N) is 1. The van der Waals surface area contributed by atoms with E-state index >= 15 is 0 Å². The van der Waals surface area contributed by atoms with Crippen LogP contribution in [0, 0.1) is 0 Å². The van der Waals surface area contributed by atoms with Gasteiger partial charge in [0.25, 0.3) is 5.56 Å². The monoisotopic (exact) mass is 244 g/mol. The molecule has 0 aliphatic heterocycles. The van der Waals surface area contributed by atoms with Crippen molar-refractivity contribution < 1.29 is 8.42 Å². The fourth-order valence-electron chi connectivity index (χ4n) is 1.36. The van der Waals surface area contributed by atoms with Gasteiger partial charge in [-0.2, -0.15) is 0 Å². The van der Waals surface area contributed by atoms with Crippen LogP contribution in [0.15, 0.2) is 22.0 Å². The third-order valence-corrected chi connectivity index (χ3v) is 4.03. The number of hydrogen-bond donors (Lipinski definition) is 1. The smallest absolute Gasteiger partial charge is 0.269 e. The van der Waals surface area contributed by atoms with Gasteiger partial charge >= 0.3 is 0 Å². The molecule has 0 radical (unpaired) electrons. The van der Waals surface area contributed by atoms with E-state index in [1.165, 1.54) is 23.8 Å². The third-order valence-electron chi connectivity index (χ3n) is 2.30. The average molecular weight is 244 g/mol. The van der Waals surface area contributed by atoms with Gasteiger partial charge in [-0.25, -0.2) is 8.42 Å². The Balaban J connectivity index is 3.61. The minimum atomic E-state index is -3.52. The van der Waals surface area contributed by atoms with Crippen molar-refractivity contribution >= 4 is 15.5 Å². The summed E-state index contributed by atoms with van der Waals surface area (Å²) in [6.07, 6.45) is 1.46. The van der Waals surface area contributed by atoms with Crippen LogP contribution in [0.25, 0.3) is 0 Å². The summed E-state index contributed by atoms with van der Waals surface area (Å²) < 4.78 is 24.7. The Bertz CT molecular complexity index is 544. The molecule has 1 aromatic heterocycles. The maximum Gasteiger partial charge on any atom is 0.269 e. The van der Waals surface area contributed by atoms with Crippen molar-refractivity contribution in [2.45, 2.75) is 31.7 Å². The molecule has 0 amide bonds. The summed E-state index contributed by atoms with van der Waals surface area (Å²) in [5.41, 5.74) is 5.36. The van der Waals surface area contributed by atoms with E-state index in [0.717, 1.165) is 0 Å². The van der Waals surface area contributed by atoms with Gasteiger partial charge in [0.05, 0.1) is 5.75 Å². The highest BCUT2D eigenvalue weighted by Gasteiger charge is 2.19. The van der Waals surface area contributed by atoms with E-state index in [1.807, 2.05) is 0 Å². The average Bonchev–Trinajstić information content (AvgIpc) is 2.20. The molecule has 0 aromatic carbocycles. The summed E-state index contributed by atoms with van der Waals surface area (Å²) in [6, 6.07) is 1.10. The quantitative estimate of drug-likeness (QED) is 0.852. The van der Waals surface area contributed by atoms with Crippen LogP contribution in [-0.4, -0.2) is 18.7 Å². The molecule has 90 valence electrons. The Hall–Kier alpha value is -1.30. The van der Waals surface area contributed by atoms with Gasteiger partial charge in [-0.1, -0.05) is 6.92 Å². The molecule has 5 nitrogen and oxygen atoms in total. The molecule has 0 unspecified atom stereocenters. The van der Waals surface area contributed by atoms with Gasteiger partial charge in [0, 0.05) is 17.9 Å². The number of rotatable bonds is 3. The largest absolute Gasteiger partial charge is 0.398 e. The SMILES string of the molecule is CCS(=O)(=O)c1cc(N)cn(C(C)C)c1=O. The highest BCUT2D eigenvalue weighted by Crippen LogP contribution is 2.12. The molecule has 0 saturated heterocycles. The predicted molar refractivity (Wildman–Crippen MR) is 63.2 cm³/mol. The maximum absolute atomic E-state index is 11.9. The van der Waals surface area contributed by atoms with Crippen molar-refractivity contribution in [3.05, 3.63) is 22.6 Å². The lowest BCUT2D eigenvalue weighted by atomic mass is 10.3. The Kier molecular flexibility index (Phi) is 3.42. The van der Waals surface area contributed by atoms with Gasteiger partial charge in [-0.3, -0.25) is 4.79 Å². The zero-order valence-corrected chi connectivity index (χ0v) is 10.4. The van der Waals surface area contributed by atoms with E-state index in [2.05, 4.69) is 0 Å². The third kappa shape index (κ3) is 2.27. The number of sulfone groups is 1. The lowest BCUT2D eigenvalue weighted by molar-refractivity contribution is 0.561. The molecule has 1 heterocycles. The molecule has 0 bridgehead atoms. The predicted octanol–water partition coefficient (Wildman–Crippen LogP) is 0.805. The highest BCUT2D eigenvalue weighted by molar-refractivity contribution is 7.91. The zero-order valence-electron chi connectivity index (χ0n) is 9.60. The number of anilines is 1. The first-order valence-corrected chi connectivity index (χ1v) is 6.69. The molecule has 0 fully saturated rings. The van der Waals surface area contributed by atoms with Crippen molar-refractivity contribution in [3.8, 4) is 0 Å². The van der Waals surface area contributed by atoms with Gasteiger partial charge < -0.3 is 10.3 Å². The first kappa shape index (κ1) is 12.8. The second kappa shape index (κ2) is 4.29. The highest BCUT2D eigenvalue weighted by atomic mass is 32.2.